The summed E-state index contributed by atoms with van der Waals surface area (Å²) in [6, 6.07) is 12.9. The van der Waals surface area contributed by atoms with E-state index >= 15 is 0 Å². The fraction of sp³-hybridized carbons (Fsp3) is 0.486. The topological polar surface area (TPSA) is 110 Å². The molecule has 0 radical (unpaired) electrons. The van der Waals surface area contributed by atoms with Gasteiger partial charge in [-0.1, -0.05) is 83.1 Å². The Balaban J connectivity index is 0.000000326. The molecule has 0 amide bonds. The van der Waals surface area contributed by atoms with Crippen LogP contribution in [0.15, 0.2) is 48.5 Å². The van der Waals surface area contributed by atoms with Crippen LogP contribution in [0, 0.1) is 0 Å². The first-order chi connectivity index (χ1) is 18.4. The smallest absolute Gasteiger partial charge is 0.123 e. The highest BCUT2D eigenvalue weighted by Gasteiger charge is 2.27. The molecule has 41 heavy (non-hydrogen) atoms. The summed E-state index contributed by atoms with van der Waals surface area (Å²) in [5, 5.41) is 47.7. The Labute approximate surface area is 247 Å². The minimum Gasteiger partial charge on any atom is -0.508 e. The number of rotatable bonds is 1. The van der Waals surface area contributed by atoms with Crippen molar-refractivity contribution < 1.29 is 30.3 Å². The molecule has 0 aliphatic rings. The van der Waals surface area contributed by atoms with E-state index in [9.17, 15) is 15.3 Å². The van der Waals surface area contributed by atoms with Gasteiger partial charge in [-0.15, -0.1) is 0 Å². The van der Waals surface area contributed by atoms with E-state index in [2.05, 4.69) is 41.5 Å². The van der Waals surface area contributed by atoms with Crippen molar-refractivity contribution in [2.45, 2.75) is 105 Å². The van der Waals surface area contributed by atoms with Gasteiger partial charge >= 0.3 is 0 Å². The first-order valence-corrected chi connectivity index (χ1v) is 13.9. The Kier molecular flexibility index (Phi) is 11.2. The van der Waals surface area contributed by atoms with Crippen molar-refractivity contribution in [1.29, 1.82) is 0 Å². The third-order valence-electron chi connectivity index (χ3n) is 6.51. The van der Waals surface area contributed by atoms with Crippen molar-refractivity contribution in [3.63, 3.8) is 0 Å². The third-order valence-corrected chi connectivity index (χ3v) is 6.51. The van der Waals surface area contributed by atoms with Crippen molar-refractivity contribution >= 4 is 0 Å². The van der Waals surface area contributed by atoms with Crippen LogP contribution in [-0.4, -0.2) is 32.6 Å². The van der Waals surface area contributed by atoms with Crippen LogP contribution in [-0.2, 0) is 21.7 Å². The predicted molar refractivity (Wildman–Crippen MR) is 169 cm³/mol. The van der Waals surface area contributed by atoms with Crippen LogP contribution in [0.5, 0.6) is 34.5 Å². The van der Waals surface area contributed by atoms with Crippen LogP contribution in [0.3, 0.4) is 0 Å². The second kappa shape index (κ2) is 13.0. The maximum Gasteiger partial charge on any atom is 0.123 e. The lowest BCUT2D eigenvalue weighted by Gasteiger charge is -2.27. The first-order valence-electron chi connectivity index (χ1n) is 13.9. The molecule has 3 aromatic rings. The summed E-state index contributed by atoms with van der Waals surface area (Å²) in [7, 11) is 1.66. The Morgan fingerprint density at radius 3 is 0.927 bits per heavy atom. The lowest BCUT2D eigenvalue weighted by atomic mass is 9.79. The summed E-state index contributed by atoms with van der Waals surface area (Å²) in [5.41, 5.74) is 2.88. The minimum absolute atomic E-state index is 0.0986. The highest BCUT2D eigenvalue weighted by molar-refractivity contribution is 5.52. The molecule has 3 aromatic carbocycles. The van der Waals surface area contributed by atoms with Gasteiger partial charge in [0.25, 0.3) is 0 Å². The van der Waals surface area contributed by atoms with E-state index in [0.29, 0.717) is 5.75 Å². The molecule has 6 nitrogen and oxygen atoms in total. The summed E-state index contributed by atoms with van der Waals surface area (Å²) >= 11 is 0. The lowest BCUT2D eigenvalue weighted by molar-refractivity contribution is 0.395. The van der Waals surface area contributed by atoms with Crippen molar-refractivity contribution in [3.8, 4) is 34.5 Å². The van der Waals surface area contributed by atoms with Crippen LogP contribution in [0.1, 0.15) is 105 Å². The second-order valence-corrected chi connectivity index (χ2v) is 14.5. The molecule has 3 rings (SSSR count). The molecule has 0 fully saturated rings. The Morgan fingerprint density at radius 1 is 0.439 bits per heavy atom. The number of hydrogen-bond acceptors (Lipinski definition) is 6. The van der Waals surface area contributed by atoms with Crippen molar-refractivity contribution in [2.75, 3.05) is 7.11 Å². The van der Waals surface area contributed by atoms with E-state index in [1.54, 1.807) is 19.2 Å². The summed E-state index contributed by atoms with van der Waals surface area (Å²) in [6.07, 6.45) is 0. The average Bonchev–Trinajstić information content (AvgIpc) is 2.80. The zero-order valence-corrected chi connectivity index (χ0v) is 27.3. The van der Waals surface area contributed by atoms with Crippen molar-refractivity contribution in [2.24, 2.45) is 0 Å². The fourth-order valence-corrected chi connectivity index (χ4v) is 4.10. The van der Waals surface area contributed by atoms with Gasteiger partial charge in [0.2, 0.25) is 0 Å². The quantitative estimate of drug-likeness (QED) is 0.188. The molecule has 0 saturated heterocycles. The van der Waals surface area contributed by atoms with Gasteiger partial charge in [0.15, 0.2) is 0 Å². The molecule has 0 unspecified atom stereocenters. The highest BCUT2D eigenvalue weighted by atomic mass is 16.5. The van der Waals surface area contributed by atoms with Crippen molar-refractivity contribution in [3.05, 3.63) is 70.8 Å². The normalized spacial score (nSPS) is 12.0. The average molecular weight is 569 g/mol. The summed E-state index contributed by atoms with van der Waals surface area (Å²) in [4.78, 5) is 0. The van der Waals surface area contributed by atoms with E-state index < -0.39 is 0 Å². The maximum absolute atomic E-state index is 10.4. The van der Waals surface area contributed by atoms with Crippen LogP contribution < -0.4 is 4.74 Å². The van der Waals surface area contributed by atoms with E-state index in [-0.39, 0.29) is 44.7 Å². The van der Waals surface area contributed by atoms with Crippen LogP contribution in [0.25, 0.3) is 0 Å². The van der Waals surface area contributed by atoms with Gasteiger partial charge in [-0.05, 0) is 70.2 Å². The number of ether oxygens (including phenoxy) is 1. The predicted octanol–water partition coefficient (Wildman–Crippen LogP) is 8.79. The monoisotopic (exact) mass is 568 g/mol. The highest BCUT2D eigenvalue weighted by Crippen LogP contribution is 2.42. The first kappa shape index (κ1) is 35.5. The number of aromatic hydroxyl groups is 5. The molecule has 0 bridgehead atoms. The van der Waals surface area contributed by atoms with Crippen molar-refractivity contribution in [1.82, 2.24) is 0 Å². The molecule has 0 aliphatic carbocycles. The summed E-state index contributed by atoms with van der Waals surface area (Å²) < 4.78 is 5.33. The molecular formula is C35H52O6. The zero-order chi connectivity index (χ0) is 32.1. The van der Waals surface area contributed by atoms with Gasteiger partial charge in [-0.2, -0.15) is 0 Å². The summed E-state index contributed by atoms with van der Waals surface area (Å²) in [6.45, 7) is 24.6. The van der Waals surface area contributed by atoms with E-state index in [0.717, 1.165) is 28.0 Å². The fourth-order valence-electron chi connectivity index (χ4n) is 4.10. The molecule has 5 N–H and O–H groups in total. The van der Waals surface area contributed by atoms with Gasteiger partial charge in [-0.3, -0.25) is 0 Å². The molecule has 0 aliphatic heterocycles. The second-order valence-electron chi connectivity index (χ2n) is 14.5. The molecule has 0 heterocycles. The number of phenolic OH excluding ortho intramolecular Hbond substituents is 5. The van der Waals surface area contributed by atoms with Gasteiger partial charge < -0.3 is 30.3 Å². The van der Waals surface area contributed by atoms with E-state index in [4.69, 9.17) is 14.9 Å². The number of methoxy groups -OCH3 is 1. The van der Waals surface area contributed by atoms with Gasteiger partial charge in [-0.25, -0.2) is 0 Å². The Hall–Kier alpha value is -3.54. The molecular weight excluding hydrogens is 516 g/mol. The van der Waals surface area contributed by atoms with Gasteiger partial charge in [0, 0.05) is 22.3 Å². The zero-order valence-electron chi connectivity index (χ0n) is 27.3. The molecule has 0 saturated carbocycles. The van der Waals surface area contributed by atoms with Gasteiger partial charge in [0.1, 0.15) is 34.5 Å². The SMILES string of the molecule is CC(C)(C)c1cc(O)c(C(C)(C)C)cc1O.COc1cc(C(C)(C)C)c(O)c(C(C)(C)C)c1.Oc1ccc(O)cc1. The Morgan fingerprint density at radius 2 is 0.707 bits per heavy atom. The standard InChI is InChI=1S/C15H24O2.C14H22O2.C6H6O2/c1-14(2,3)11-8-10(17-7)9-12(13(11)16)15(4,5)6;1-13(2,3)9-7-12(16)10(8-11(9)15)14(4,5)6;7-5-1-2-6(8)4-3-5/h8-9,16H,1-7H3;7-8,15-16H,1-6H3;1-4,7-8H. The molecule has 0 aromatic heterocycles. The van der Waals surface area contributed by atoms with Crippen LogP contribution in [0.4, 0.5) is 0 Å². The molecule has 0 atom stereocenters. The molecule has 0 spiro atoms. The number of benzene rings is 3. The van der Waals surface area contributed by atoms with Crippen LogP contribution in [0.2, 0.25) is 0 Å². The largest absolute Gasteiger partial charge is 0.508 e. The lowest BCUT2D eigenvalue weighted by Crippen LogP contribution is -2.17. The van der Waals surface area contributed by atoms with Crippen LogP contribution >= 0.6 is 0 Å². The van der Waals surface area contributed by atoms with Gasteiger partial charge in [0.05, 0.1) is 7.11 Å². The van der Waals surface area contributed by atoms with E-state index in [1.165, 1.54) is 24.3 Å². The molecule has 228 valence electrons. The minimum atomic E-state index is -0.169. The third kappa shape index (κ3) is 10.4. The Bertz CT molecular complexity index is 1180. The molecule has 6 heteroatoms. The van der Waals surface area contributed by atoms with E-state index in [1.807, 2.05) is 53.7 Å². The number of hydrogen-bond donors (Lipinski definition) is 5. The number of phenols is 5. The summed E-state index contributed by atoms with van der Waals surface area (Å²) in [5.74, 6) is 2.06. The maximum atomic E-state index is 10.4.